The Kier molecular flexibility index (Phi) is 9.90. The Morgan fingerprint density at radius 3 is 2.13 bits per heavy atom. The van der Waals surface area contributed by atoms with Gasteiger partial charge in [0.1, 0.15) is 18.3 Å². The number of rotatable bonds is 12. The van der Waals surface area contributed by atoms with Crippen LogP contribution < -0.4 is 14.4 Å². The molecule has 0 saturated heterocycles. The van der Waals surface area contributed by atoms with Gasteiger partial charge in [-0.05, 0) is 69.7 Å². The van der Waals surface area contributed by atoms with Gasteiger partial charge in [0.2, 0.25) is 11.8 Å². The lowest BCUT2D eigenvalue weighted by Crippen LogP contribution is -2.51. The Bertz CT molecular complexity index is 1310. The highest BCUT2D eigenvalue weighted by molar-refractivity contribution is 7.92. The van der Waals surface area contributed by atoms with E-state index in [1.807, 2.05) is 38.1 Å². The molecule has 1 N–H and O–H groups in total. The van der Waals surface area contributed by atoms with Gasteiger partial charge in [0.25, 0.3) is 10.0 Å². The summed E-state index contributed by atoms with van der Waals surface area (Å²) in [7, 11) is -4.10. The van der Waals surface area contributed by atoms with Crippen molar-refractivity contribution in [2.75, 3.05) is 24.0 Å². The SMILES string of the molecule is CCNC(=O)C(C)N(Cc1ccc(C)cc1)C(=O)CN(c1ccc(OCC)cc1)S(=O)(=O)c1ccccc1. The van der Waals surface area contributed by atoms with Crippen LogP contribution in [0, 0.1) is 6.92 Å². The highest BCUT2D eigenvalue weighted by Gasteiger charge is 2.32. The molecule has 9 heteroatoms. The molecule has 0 heterocycles. The summed E-state index contributed by atoms with van der Waals surface area (Å²) >= 11 is 0. The summed E-state index contributed by atoms with van der Waals surface area (Å²) in [6.07, 6.45) is 0. The number of aryl methyl sites for hydroxylation is 1. The first-order chi connectivity index (χ1) is 18.2. The second-order valence-corrected chi connectivity index (χ2v) is 10.7. The minimum Gasteiger partial charge on any atom is -0.494 e. The van der Waals surface area contributed by atoms with Crippen molar-refractivity contribution in [3.05, 3.63) is 90.0 Å². The number of carbonyl (C=O) groups is 2. The van der Waals surface area contributed by atoms with Crippen molar-refractivity contribution >= 4 is 27.5 Å². The predicted molar refractivity (Wildman–Crippen MR) is 148 cm³/mol. The summed E-state index contributed by atoms with van der Waals surface area (Å²) in [5, 5.41) is 2.76. The molecule has 2 amide bonds. The summed E-state index contributed by atoms with van der Waals surface area (Å²) in [6.45, 7) is 7.82. The Labute approximate surface area is 225 Å². The van der Waals surface area contributed by atoms with Gasteiger partial charge < -0.3 is 15.0 Å². The molecule has 8 nitrogen and oxygen atoms in total. The van der Waals surface area contributed by atoms with E-state index < -0.39 is 28.5 Å². The number of carbonyl (C=O) groups excluding carboxylic acids is 2. The van der Waals surface area contributed by atoms with Crippen molar-refractivity contribution < 1.29 is 22.7 Å². The van der Waals surface area contributed by atoms with Gasteiger partial charge >= 0.3 is 0 Å². The second kappa shape index (κ2) is 13.1. The molecule has 0 aliphatic heterocycles. The van der Waals surface area contributed by atoms with Gasteiger partial charge in [-0.3, -0.25) is 13.9 Å². The molecule has 3 rings (SSSR count). The van der Waals surface area contributed by atoms with E-state index in [-0.39, 0.29) is 17.3 Å². The van der Waals surface area contributed by atoms with E-state index in [1.165, 1.54) is 17.0 Å². The molecule has 0 fully saturated rings. The van der Waals surface area contributed by atoms with Crippen molar-refractivity contribution in [1.29, 1.82) is 0 Å². The summed E-state index contributed by atoms with van der Waals surface area (Å²) in [6, 6.07) is 21.3. The van der Waals surface area contributed by atoms with Crippen molar-refractivity contribution in [2.45, 2.75) is 45.2 Å². The Morgan fingerprint density at radius 2 is 1.55 bits per heavy atom. The Hall–Kier alpha value is -3.85. The highest BCUT2D eigenvalue weighted by atomic mass is 32.2. The molecule has 0 aliphatic rings. The van der Waals surface area contributed by atoms with E-state index in [1.54, 1.807) is 56.3 Å². The number of nitrogens with one attached hydrogen (secondary N) is 1. The summed E-state index contributed by atoms with van der Waals surface area (Å²) in [5.41, 5.74) is 2.21. The first kappa shape index (κ1) is 28.7. The molecule has 38 heavy (non-hydrogen) atoms. The third kappa shape index (κ3) is 7.13. The minimum atomic E-state index is -4.10. The maximum absolute atomic E-state index is 13.8. The predicted octanol–water partition coefficient (Wildman–Crippen LogP) is 4.14. The smallest absolute Gasteiger partial charge is 0.264 e. The van der Waals surface area contributed by atoms with Crippen LogP contribution in [0.3, 0.4) is 0 Å². The van der Waals surface area contributed by atoms with Crippen LogP contribution in [0.2, 0.25) is 0 Å². The number of hydrogen-bond donors (Lipinski definition) is 1. The standard InChI is InChI=1S/C29H35N3O5S/c1-5-30-29(34)23(4)31(20-24-14-12-22(3)13-15-24)28(33)21-32(25-16-18-26(19-17-25)37-6-2)38(35,36)27-10-8-7-9-11-27/h7-19,23H,5-6,20-21H2,1-4H3,(H,30,34). The summed E-state index contributed by atoms with van der Waals surface area (Å²) in [5.74, 6) is -0.227. The lowest BCUT2D eigenvalue weighted by Gasteiger charge is -2.32. The maximum Gasteiger partial charge on any atom is 0.264 e. The molecule has 0 aromatic heterocycles. The minimum absolute atomic E-state index is 0.0588. The van der Waals surface area contributed by atoms with E-state index in [2.05, 4.69) is 5.32 Å². The van der Waals surface area contributed by atoms with Crippen molar-refractivity contribution in [1.82, 2.24) is 10.2 Å². The van der Waals surface area contributed by atoms with Crippen molar-refractivity contribution in [2.24, 2.45) is 0 Å². The molecule has 0 saturated carbocycles. The molecule has 1 unspecified atom stereocenters. The monoisotopic (exact) mass is 537 g/mol. The van der Waals surface area contributed by atoms with E-state index in [9.17, 15) is 18.0 Å². The Balaban J connectivity index is 2.01. The molecule has 0 aliphatic carbocycles. The lowest BCUT2D eigenvalue weighted by molar-refractivity contribution is -0.139. The average molecular weight is 538 g/mol. The van der Waals surface area contributed by atoms with Crippen LogP contribution in [0.4, 0.5) is 5.69 Å². The van der Waals surface area contributed by atoms with Crippen LogP contribution >= 0.6 is 0 Å². The number of amides is 2. The summed E-state index contributed by atoms with van der Waals surface area (Å²) < 4.78 is 34.1. The molecule has 202 valence electrons. The molecule has 0 radical (unpaired) electrons. The second-order valence-electron chi connectivity index (χ2n) is 8.83. The zero-order valence-electron chi connectivity index (χ0n) is 22.3. The zero-order chi connectivity index (χ0) is 27.7. The average Bonchev–Trinajstić information content (AvgIpc) is 2.92. The first-order valence-electron chi connectivity index (χ1n) is 12.6. The highest BCUT2D eigenvalue weighted by Crippen LogP contribution is 2.26. The maximum atomic E-state index is 13.8. The Morgan fingerprint density at radius 1 is 0.921 bits per heavy atom. The number of nitrogens with zero attached hydrogens (tertiary/aromatic N) is 2. The van der Waals surface area contributed by atoms with Crippen molar-refractivity contribution in [3.8, 4) is 5.75 Å². The van der Waals surface area contributed by atoms with E-state index in [0.717, 1.165) is 15.4 Å². The lowest BCUT2D eigenvalue weighted by atomic mass is 10.1. The third-order valence-electron chi connectivity index (χ3n) is 6.04. The molecular formula is C29H35N3O5S. The fourth-order valence-electron chi connectivity index (χ4n) is 3.92. The normalized spacial score (nSPS) is 11.9. The molecule has 0 spiro atoms. The van der Waals surface area contributed by atoms with E-state index in [4.69, 9.17) is 4.74 Å². The molecule has 3 aromatic carbocycles. The van der Waals surface area contributed by atoms with E-state index >= 15 is 0 Å². The molecular weight excluding hydrogens is 502 g/mol. The van der Waals surface area contributed by atoms with Gasteiger partial charge in [-0.2, -0.15) is 0 Å². The molecule has 1 atom stereocenters. The van der Waals surface area contributed by atoms with Gasteiger partial charge in [0.05, 0.1) is 17.2 Å². The van der Waals surface area contributed by atoms with Crippen LogP contribution in [0.1, 0.15) is 31.9 Å². The number of sulfonamides is 1. The van der Waals surface area contributed by atoms with Crippen molar-refractivity contribution in [3.63, 3.8) is 0 Å². The van der Waals surface area contributed by atoms with Crippen LogP contribution in [0.25, 0.3) is 0 Å². The topological polar surface area (TPSA) is 96.0 Å². The molecule has 0 bridgehead atoms. The van der Waals surface area contributed by atoms with Gasteiger partial charge in [-0.25, -0.2) is 8.42 Å². The third-order valence-corrected chi connectivity index (χ3v) is 7.83. The largest absolute Gasteiger partial charge is 0.494 e. The van der Waals surface area contributed by atoms with Gasteiger partial charge in [-0.1, -0.05) is 48.0 Å². The number of hydrogen-bond acceptors (Lipinski definition) is 5. The number of benzene rings is 3. The van der Waals surface area contributed by atoms with Crippen LogP contribution in [-0.2, 0) is 26.2 Å². The quantitative estimate of drug-likeness (QED) is 0.375. The van der Waals surface area contributed by atoms with Gasteiger partial charge in [0, 0.05) is 13.1 Å². The van der Waals surface area contributed by atoms with Crippen LogP contribution in [-0.4, -0.2) is 50.9 Å². The number of ether oxygens (including phenoxy) is 1. The van der Waals surface area contributed by atoms with Gasteiger partial charge in [0.15, 0.2) is 0 Å². The van der Waals surface area contributed by atoms with Crippen LogP contribution in [0.15, 0.2) is 83.8 Å². The fourth-order valence-corrected chi connectivity index (χ4v) is 5.35. The number of anilines is 1. The van der Waals surface area contributed by atoms with Gasteiger partial charge in [-0.15, -0.1) is 0 Å². The fraction of sp³-hybridized carbons (Fsp3) is 0.310. The first-order valence-corrected chi connectivity index (χ1v) is 14.0. The molecule has 3 aromatic rings. The van der Waals surface area contributed by atoms with Crippen LogP contribution in [0.5, 0.6) is 5.75 Å². The van der Waals surface area contributed by atoms with E-state index in [0.29, 0.717) is 24.6 Å². The summed E-state index contributed by atoms with van der Waals surface area (Å²) in [4.78, 5) is 28.0. The number of likely N-dealkylation sites (N-methyl/N-ethyl adjacent to an activating group) is 1. The zero-order valence-corrected chi connectivity index (χ0v) is 23.1.